The zero-order valence-corrected chi connectivity index (χ0v) is 12.6. The van der Waals surface area contributed by atoms with Gasteiger partial charge in [0.25, 0.3) is 0 Å². The molecule has 0 spiro atoms. The summed E-state index contributed by atoms with van der Waals surface area (Å²) in [5, 5.41) is 0. The molecule has 17 heavy (non-hydrogen) atoms. The van der Waals surface area contributed by atoms with E-state index < -0.39 is 0 Å². The molecule has 1 aromatic carbocycles. The lowest BCUT2D eigenvalue weighted by Crippen LogP contribution is -1.90. The average Bonchev–Trinajstić information content (AvgIpc) is 2.33. The Hall–Kier alpha value is -0.580. The topological polar surface area (TPSA) is 22.1 Å². The quantitative estimate of drug-likeness (QED) is 0.691. The van der Waals surface area contributed by atoms with Gasteiger partial charge in [0.15, 0.2) is 0 Å². The minimum atomic E-state index is 0.445. The van der Waals surface area contributed by atoms with Crippen molar-refractivity contribution in [1.82, 2.24) is 4.98 Å². The van der Waals surface area contributed by atoms with E-state index in [4.69, 9.17) is 16.3 Å². The second-order valence-electron chi connectivity index (χ2n) is 3.31. The molecule has 0 bridgehead atoms. The highest BCUT2D eigenvalue weighted by Crippen LogP contribution is 2.31. The molecule has 0 amide bonds. The van der Waals surface area contributed by atoms with Gasteiger partial charge in [-0.25, -0.2) is 4.98 Å². The third-order valence-electron chi connectivity index (χ3n) is 2.06. The third-order valence-corrected chi connectivity index (χ3v) is 3.48. The monoisotopic (exact) mass is 375 g/mol. The summed E-state index contributed by atoms with van der Waals surface area (Å²) in [7, 11) is 0. The Balaban J connectivity index is 2.25. The fourth-order valence-corrected chi connectivity index (χ4v) is 2.55. The summed E-state index contributed by atoms with van der Waals surface area (Å²) in [6, 6.07) is 9.37. The molecular weight excluding hydrogens is 369 g/mol. The first-order chi connectivity index (χ1) is 8.19. The van der Waals surface area contributed by atoms with E-state index in [9.17, 15) is 0 Å². The highest BCUT2D eigenvalue weighted by molar-refractivity contribution is 9.11. The molecule has 2 nitrogen and oxygen atoms in total. The first-order valence-corrected chi connectivity index (χ1v) is 6.95. The van der Waals surface area contributed by atoms with Crippen molar-refractivity contribution >= 4 is 43.5 Å². The lowest BCUT2D eigenvalue weighted by molar-refractivity contribution is 0.459. The summed E-state index contributed by atoms with van der Waals surface area (Å²) in [5.74, 6) is 1.69. The summed E-state index contributed by atoms with van der Waals surface area (Å²) >= 11 is 12.6. The van der Waals surface area contributed by atoms with Gasteiger partial charge in [-0.15, -0.1) is 11.6 Å². The number of pyridine rings is 1. The molecule has 1 heterocycles. The fourth-order valence-electron chi connectivity index (χ4n) is 1.26. The van der Waals surface area contributed by atoms with Crippen LogP contribution < -0.4 is 4.74 Å². The SMILES string of the molecule is ClCc1ccnc(Oc2ccc(Br)cc2Br)c1. The minimum absolute atomic E-state index is 0.445. The predicted molar refractivity (Wildman–Crippen MR) is 75.7 cm³/mol. The van der Waals surface area contributed by atoms with Crippen molar-refractivity contribution in [3.63, 3.8) is 0 Å². The van der Waals surface area contributed by atoms with E-state index in [0.29, 0.717) is 17.5 Å². The maximum Gasteiger partial charge on any atom is 0.219 e. The largest absolute Gasteiger partial charge is 0.438 e. The van der Waals surface area contributed by atoms with E-state index in [1.807, 2.05) is 30.3 Å². The second kappa shape index (κ2) is 5.85. The molecule has 88 valence electrons. The Labute approximate surface area is 121 Å². The van der Waals surface area contributed by atoms with Gasteiger partial charge >= 0.3 is 0 Å². The second-order valence-corrected chi connectivity index (χ2v) is 5.35. The number of hydrogen-bond donors (Lipinski definition) is 0. The van der Waals surface area contributed by atoms with E-state index >= 15 is 0 Å². The lowest BCUT2D eigenvalue weighted by Gasteiger charge is -2.07. The summed E-state index contributed by atoms with van der Waals surface area (Å²) in [6.45, 7) is 0. The first kappa shape index (κ1) is 12.9. The molecule has 0 fully saturated rings. The Morgan fingerprint density at radius 1 is 1.18 bits per heavy atom. The van der Waals surface area contributed by atoms with Crippen LogP contribution in [0.5, 0.6) is 11.6 Å². The number of hydrogen-bond acceptors (Lipinski definition) is 2. The van der Waals surface area contributed by atoms with Gasteiger partial charge in [0.05, 0.1) is 4.47 Å². The standard InChI is InChI=1S/C12H8Br2ClNO/c13-9-1-2-11(10(14)6-9)17-12-5-8(7-15)3-4-16-12/h1-6H,7H2. The Morgan fingerprint density at radius 3 is 2.71 bits per heavy atom. The van der Waals surface area contributed by atoms with Crippen molar-refractivity contribution in [2.45, 2.75) is 5.88 Å². The van der Waals surface area contributed by atoms with E-state index in [2.05, 4.69) is 36.8 Å². The molecule has 0 aliphatic carbocycles. The zero-order valence-electron chi connectivity index (χ0n) is 8.66. The molecule has 0 aliphatic rings. The van der Waals surface area contributed by atoms with Crippen molar-refractivity contribution in [2.24, 2.45) is 0 Å². The highest BCUT2D eigenvalue weighted by Gasteiger charge is 2.04. The zero-order chi connectivity index (χ0) is 12.3. The van der Waals surface area contributed by atoms with Crippen LogP contribution in [-0.4, -0.2) is 4.98 Å². The molecule has 0 atom stereocenters. The van der Waals surface area contributed by atoms with Gasteiger partial charge in [0.2, 0.25) is 5.88 Å². The van der Waals surface area contributed by atoms with E-state index in [1.165, 1.54) is 0 Å². The molecule has 0 radical (unpaired) electrons. The van der Waals surface area contributed by atoms with Crippen molar-refractivity contribution in [2.75, 3.05) is 0 Å². The van der Waals surface area contributed by atoms with Crippen molar-refractivity contribution < 1.29 is 4.74 Å². The minimum Gasteiger partial charge on any atom is -0.438 e. The molecule has 1 aromatic heterocycles. The molecule has 0 N–H and O–H groups in total. The van der Waals surface area contributed by atoms with Crippen molar-refractivity contribution in [3.8, 4) is 11.6 Å². The first-order valence-electron chi connectivity index (χ1n) is 4.83. The average molecular weight is 377 g/mol. The van der Waals surface area contributed by atoms with Crippen LogP contribution in [0.1, 0.15) is 5.56 Å². The van der Waals surface area contributed by atoms with Crippen LogP contribution >= 0.6 is 43.5 Å². The molecule has 0 unspecified atom stereocenters. The van der Waals surface area contributed by atoms with Crippen LogP contribution in [0.15, 0.2) is 45.5 Å². The number of ether oxygens (including phenoxy) is 1. The van der Waals surface area contributed by atoms with Gasteiger partial charge in [-0.3, -0.25) is 0 Å². The molecule has 2 aromatic rings. The normalized spacial score (nSPS) is 10.3. The van der Waals surface area contributed by atoms with Gasteiger partial charge in [0, 0.05) is 22.6 Å². The van der Waals surface area contributed by atoms with Crippen LogP contribution in [-0.2, 0) is 5.88 Å². The van der Waals surface area contributed by atoms with E-state index in [1.54, 1.807) is 6.20 Å². The van der Waals surface area contributed by atoms with Crippen LogP contribution in [0.3, 0.4) is 0 Å². The molecular formula is C12H8Br2ClNO. The summed E-state index contributed by atoms with van der Waals surface area (Å²) < 4.78 is 7.52. The number of halogens is 3. The van der Waals surface area contributed by atoms with Crippen LogP contribution in [0.25, 0.3) is 0 Å². The van der Waals surface area contributed by atoms with Gasteiger partial charge in [0.1, 0.15) is 5.75 Å². The summed E-state index contributed by atoms with van der Waals surface area (Å²) in [6.07, 6.45) is 1.68. The summed E-state index contributed by atoms with van der Waals surface area (Å²) in [4.78, 5) is 4.13. The number of alkyl halides is 1. The molecule has 2 rings (SSSR count). The highest BCUT2D eigenvalue weighted by atomic mass is 79.9. The fraction of sp³-hybridized carbons (Fsp3) is 0.0833. The Kier molecular flexibility index (Phi) is 4.42. The predicted octanol–water partition coefficient (Wildman–Crippen LogP) is 5.14. The third kappa shape index (κ3) is 3.44. The van der Waals surface area contributed by atoms with Gasteiger partial charge < -0.3 is 4.74 Å². The van der Waals surface area contributed by atoms with Crippen LogP contribution in [0.4, 0.5) is 0 Å². The molecule has 0 aliphatic heterocycles. The van der Waals surface area contributed by atoms with Gasteiger partial charge in [-0.1, -0.05) is 15.9 Å². The van der Waals surface area contributed by atoms with Crippen LogP contribution in [0.2, 0.25) is 0 Å². The lowest BCUT2D eigenvalue weighted by atomic mass is 10.3. The van der Waals surface area contributed by atoms with Gasteiger partial charge in [-0.2, -0.15) is 0 Å². The van der Waals surface area contributed by atoms with Crippen molar-refractivity contribution in [3.05, 3.63) is 51.0 Å². The number of rotatable bonds is 3. The smallest absolute Gasteiger partial charge is 0.219 e. The Morgan fingerprint density at radius 2 is 2.00 bits per heavy atom. The molecule has 0 saturated heterocycles. The number of aromatic nitrogens is 1. The molecule has 5 heteroatoms. The van der Waals surface area contributed by atoms with Crippen molar-refractivity contribution in [1.29, 1.82) is 0 Å². The number of benzene rings is 1. The maximum atomic E-state index is 5.76. The summed E-state index contributed by atoms with van der Waals surface area (Å²) in [5.41, 5.74) is 0.977. The van der Waals surface area contributed by atoms with E-state index in [-0.39, 0.29) is 0 Å². The van der Waals surface area contributed by atoms with E-state index in [0.717, 1.165) is 14.5 Å². The van der Waals surface area contributed by atoms with Crippen LogP contribution in [0, 0.1) is 0 Å². The Bertz CT molecular complexity index is 534. The molecule has 0 saturated carbocycles. The number of nitrogens with zero attached hydrogens (tertiary/aromatic N) is 1. The van der Waals surface area contributed by atoms with Gasteiger partial charge in [-0.05, 0) is 45.8 Å². The maximum absolute atomic E-state index is 5.76.